The zero-order valence-corrected chi connectivity index (χ0v) is 11.9. The standard InChI is InChI=1S/C14H21BrN2/c1-17-11-8-6-10(7-9-11)14(16)12-4-2-3-5-13(12)15/h2-5,10-11,14,17H,6-9,16H2,1H3. The van der Waals surface area contributed by atoms with Crippen LogP contribution in [0.25, 0.3) is 0 Å². The normalized spacial score (nSPS) is 26.8. The van der Waals surface area contributed by atoms with E-state index < -0.39 is 0 Å². The van der Waals surface area contributed by atoms with E-state index >= 15 is 0 Å². The molecule has 0 heterocycles. The van der Waals surface area contributed by atoms with Crippen molar-refractivity contribution in [1.82, 2.24) is 5.32 Å². The van der Waals surface area contributed by atoms with Crippen LogP contribution in [0.15, 0.2) is 28.7 Å². The highest BCUT2D eigenvalue weighted by atomic mass is 79.9. The Morgan fingerprint density at radius 3 is 2.47 bits per heavy atom. The van der Waals surface area contributed by atoms with Gasteiger partial charge in [0.1, 0.15) is 0 Å². The number of halogens is 1. The van der Waals surface area contributed by atoms with Gasteiger partial charge in [0.25, 0.3) is 0 Å². The number of nitrogens with one attached hydrogen (secondary N) is 1. The van der Waals surface area contributed by atoms with Gasteiger partial charge in [-0.05, 0) is 50.3 Å². The van der Waals surface area contributed by atoms with E-state index in [4.69, 9.17) is 5.73 Å². The van der Waals surface area contributed by atoms with Crippen molar-refractivity contribution in [2.75, 3.05) is 7.05 Å². The highest BCUT2D eigenvalue weighted by Crippen LogP contribution is 2.35. The van der Waals surface area contributed by atoms with Crippen LogP contribution < -0.4 is 11.1 Å². The van der Waals surface area contributed by atoms with Crippen LogP contribution in [0.1, 0.15) is 37.3 Å². The third kappa shape index (κ3) is 3.09. The van der Waals surface area contributed by atoms with Crippen molar-refractivity contribution in [3.05, 3.63) is 34.3 Å². The molecule has 0 bridgehead atoms. The van der Waals surface area contributed by atoms with Crippen LogP contribution >= 0.6 is 15.9 Å². The number of rotatable bonds is 3. The minimum atomic E-state index is 0.170. The Bertz CT molecular complexity index is 359. The minimum Gasteiger partial charge on any atom is -0.324 e. The molecular formula is C14H21BrN2. The van der Waals surface area contributed by atoms with Gasteiger partial charge in [0.15, 0.2) is 0 Å². The molecule has 17 heavy (non-hydrogen) atoms. The molecule has 1 saturated carbocycles. The van der Waals surface area contributed by atoms with Crippen molar-refractivity contribution >= 4 is 15.9 Å². The van der Waals surface area contributed by atoms with Gasteiger partial charge in [-0.2, -0.15) is 0 Å². The van der Waals surface area contributed by atoms with Gasteiger partial charge in [0.05, 0.1) is 0 Å². The maximum absolute atomic E-state index is 6.41. The van der Waals surface area contributed by atoms with E-state index in [1.807, 2.05) is 6.07 Å². The van der Waals surface area contributed by atoms with Crippen molar-refractivity contribution < 1.29 is 0 Å². The van der Waals surface area contributed by atoms with Crippen LogP contribution in [0.4, 0.5) is 0 Å². The Hall–Kier alpha value is -0.380. The topological polar surface area (TPSA) is 38.0 Å². The van der Waals surface area contributed by atoms with Crippen molar-refractivity contribution in [1.29, 1.82) is 0 Å². The van der Waals surface area contributed by atoms with Gasteiger partial charge in [-0.15, -0.1) is 0 Å². The average Bonchev–Trinajstić information content (AvgIpc) is 2.39. The fourth-order valence-electron chi connectivity index (χ4n) is 2.77. The second-order valence-electron chi connectivity index (χ2n) is 4.95. The van der Waals surface area contributed by atoms with Crippen LogP contribution in [-0.2, 0) is 0 Å². The Kier molecular flexibility index (Phi) is 4.60. The summed E-state index contributed by atoms with van der Waals surface area (Å²) < 4.78 is 1.14. The fraction of sp³-hybridized carbons (Fsp3) is 0.571. The minimum absolute atomic E-state index is 0.170. The lowest BCUT2D eigenvalue weighted by Crippen LogP contribution is -2.33. The zero-order chi connectivity index (χ0) is 12.3. The summed E-state index contributed by atoms with van der Waals surface area (Å²) in [6.45, 7) is 0. The van der Waals surface area contributed by atoms with Gasteiger partial charge in [0, 0.05) is 16.6 Å². The second-order valence-corrected chi connectivity index (χ2v) is 5.80. The van der Waals surface area contributed by atoms with Crippen LogP contribution in [-0.4, -0.2) is 13.1 Å². The van der Waals surface area contributed by atoms with E-state index in [1.54, 1.807) is 0 Å². The maximum atomic E-state index is 6.41. The first kappa shape index (κ1) is 13.1. The van der Waals surface area contributed by atoms with Gasteiger partial charge in [-0.3, -0.25) is 0 Å². The SMILES string of the molecule is CNC1CCC(C(N)c2ccccc2Br)CC1. The molecule has 3 heteroatoms. The molecule has 1 fully saturated rings. The molecule has 1 unspecified atom stereocenters. The van der Waals surface area contributed by atoms with Crippen LogP contribution in [0.5, 0.6) is 0 Å². The highest BCUT2D eigenvalue weighted by molar-refractivity contribution is 9.10. The molecule has 0 spiro atoms. The molecule has 2 nitrogen and oxygen atoms in total. The molecule has 0 aliphatic heterocycles. The van der Waals surface area contributed by atoms with Crippen LogP contribution in [0.2, 0.25) is 0 Å². The molecule has 0 amide bonds. The van der Waals surface area contributed by atoms with Crippen molar-refractivity contribution in [3.63, 3.8) is 0 Å². The summed E-state index contributed by atoms with van der Waals surface area (Å²) in [5, 5.41) is 3.36. The van der Waals surface area contributed by atoms with Crippen molar-refractivity contribution in [3.8, 4) is 0 Å². The predicted molar refractivity (Wildman–Crippen MR) is 75.9 cm³/mol. The predicted octanol–water partition coefficient (Wildman–Crippen LogP) is 3.23. The smallest absolute Gasteiger partial charge is 0.0334 e. The molecule has 2 rings (SSSR count). The first-order valence-electron chi connectivity index (χ1n) is 6.39. The first-order valence-corrected chi connectivity index (χ1v) is 7.19. The van der Waals surface area contributed by atoms with E-state index in [9.17, 15) is 0 Å². The lowest BCUT2D eigenvalue weighted by Gasteiger charge is -2.32. The third-order valence-electron chi connectivity index (χ3n) is 3.95. The largest absolute Gasteiger partial charge is 0.324 e. The quantitative estimate of drug-likeness (QED) is 0.899. The molecule has 3 N–H and O–H groups in total. The number of benzene rings is 1. The first-order chi connectivity index (χ1) is 8.22. The summed E-state index contributed by atoms with van der Waals surface area (Å²) >= 11 is 3.60. The molecule has 0 radical (unpaired) electrons. The number of hydrogen-bond acceptors (Lipinski definition) is 2. The van der Waals surface area contributed by atoms with Gasteiger partial charge < -0.3 is 11.1 Å². The molecule has 1 atom stereocenters. The van der Waals surface area contributed by atoms with Crippen molar-refractivity contribution in [2.45, 2.75) is 37.8 Å². The monoisotopic (exact) mass is 296 g/mol. The van der Waals surface area contributed by atoms with Gasteiger partial charge in [0.2, 0.25) is 0 Å². The van der Waals surface area contributed by atoms with E-state index in [-0.39, 0.29) is 6.04 Å². The summed E-state index contributed by atoms with van der Waals surface area (Å²) in [7, 11) is 2.05. The van der Waals surface area contributed by atoms with E-state index in [0.29, 0.717) is 12.0 Å². The Morgan fingerprint density at radius 1 is 1.24 bits per heavy atom. The van der Waals surface area contributed by atoms with Gasteiger partial charge in [-0.25, -0.2) is 0 Å². The molecule has 0 aromatic heterocycles. The summed E-state index contributed by atoms with van der Waals surface area (Å²) in [5.41, 5.74) is 7.66. The van der Waals surface area contributed by atoms with E-state index in [1.165, 1.54) is 31.2 Å². The summed E-state index contributed by atoms with van der Waals surface area (Å²) in [6, 6.07) is 9.19. The summed E-state index contributed by atoms with van der Waals surface area (Å²) in [4.78, 5) is 0. The molecule has 1 aromatic carbocycles. The van der Waals surface area contributed by atoms with Crippen LogP contribution in [0, 0.1) is 5.92 Å². The molecule has 1 aliphatic rings. The lowest BCUT2D eigenvalue weighted by atomic mass is 9.79. The number of hydrogen-bond donors (Lipinski definition) is 2. The highest BCUT2D eigenvalue weighted by Gasteiger charge is 2.26. The van der Waals surface area contributed by atoms with Gasteiger partial charge >= 0.3 is 0 Å². The molecule has 1 aromatic rings. The fourth-order valence-corrected chi connectivity index (χ4v) is 3.32. The van der Waals surface area contributed by atoms with Crippen LogP contribution in [0.3, 0.4) is 0 Å². The lowest BCUT2D eigenvalue weighted by molar-refractivity contribution is 0.266. The Labute approximate surface area is 112 Å². The summed E-state index contributed by atoms with van der Waals surface area (Å²) in [6.07, 6.45) is 4.96. The Balaban J connectivity index is 2.02. The zero-order valence-electron chi connectivity index (χ0n) is 10.3. The second kappa shape index (κ2) is 5.98. The average molecular weight is 297 g/mol. The van der Waals surface area contributed by atoms with Crippen molar-refractivity contribution in [2.24, 2.45) is 11.7 Å². The molecule has 1 aliphatic carbocycles. The molecule has 94 valence electrons. The van der Waals surface area contributed by atoms with Gasteiger partial charge in [-0.1, -0.05) is 34.1 Å². The maximum Gasteiger partial charge on any atom is 0.0334 e. The van der Waals surface area contributed by atoms with E-state index in [0.717, 1.165) is 4.47 Å². The summed E-state index contributed by atoms with van der Waals surface area (Å²) in [5.74, 6) is 0.623. The Morgan fingerprint density at radius 2 is 1.88 bits per heavy atom. The molecule has 0 saturated heterocycles. The number of nitrogens with two attached hydrogens (primary N) is 1. The molecular weight excluding hydrogens is 276 g/mol. The van der Waals surface area contributed by atoms with E-state index in [2.05, 4.69) is 46.5 Å². The third-order valence-corrected chi connectivity index (χ3v) is 4.67.